The molecule has 3 rings (SSSR count). The molecule has 1 amide bonds. The number of carbonyl (C=O) groups is 1. The lowest BCUT2D eigenvalue weighted by molar-refractivity contribution is 0.264. The van der Waals surface area contributed by atoms with Gasteiger partial charge < -0.3 is 0 Å². The van der Waals surface area contributed by atoms with E-state index in [1.54, 1.807) is 11.0 Å². The van der Waals surface area contributed by atoms with Crippen molar-refractivity contribution in [1.82, 2.24) is 10.2 Å². The maximum Gasteiger partial charge on any atom is 0.283 e. The minimum atomic E-state index is -0.328. The van der Waals surface area contributed by atoms with E-state index in [0.29, 0.717) is 5.69 Å². The molecule has 1 heterocycles. The molecule has 0 aliphatic heterocycles. The zero-order chi connectivity index (χ0) is 17.8. The summed E-state index contributed by atoms with van der Waals surface area (Å²) >= 11 is 4.04. The quantitative estimate of drug-likeness (QED) is 0.697. The van der Waals surface area contributed by atoms with Crippen LogP contribution in [0, 0.1) is 0 Å². The van der Waals surface area contributed by atoms with Crippen molar-refractivity contribution in [3.63, 3.8) is 0 Å². The Morgan fingerprint density at radius 1 is 1.04 bits per heavy atom. The summed E-state index contributed by atoms with van der Waals surface area (Å²) in [5.74, 6) is 0. The maximum atomic E-state index is 12.1. The van der Waals surface area contributed by atoms with Crippen molar-refractivity contribution in [3.8, 4) is 11.3 Å². The molecule has 6 heteroatoms. The average Bonchev–Trinajstić information content (AvgIpc) is 2.63. The number of amides is 1. The van der Waals surface area contributed by atoms with Gasteiger partial charge in [0.25, 0.3) is 10.8 Å². The number of aromatic amines is 1. The number of aromatic nitrogens is 2. The predicted octanol–water partition coefficient (Wildman–Crippen LogP) is 4.05. The van der Waals surface area contributed by atoms with Gasteiger partial charge in [0.1, 0.15) is 0 Å². The topological polar surface area (TPSA) is 66.1 Å². The number of carbonyl (C=O) groups excluding carboxylic acids is 1. The molecule has 1 unspecified atom stereocenters. The number of nitrogens with one attached hydrogen (secondary N) is 1. The second-order valence-corrected chi connectivity index (χ2v) is 5.98. The highest BCUT2D eigenvalue weighted by Crippen LogP contribution is 2.29. The van der Waals surface area contributed by atoms with Crippen LogP contribution in [0.3, 0.4) is 0 Å². The summed E-state index contributed by atoms with van der Waals surface area (Å²) in [5.41, 5.74) is 3.02. The molecule has 0 spiro atoms. The molecule has 0 bridgehead atoms. The van der Waals surface area contributed by atoms with Gasteiger partial charge in [0.05, 0.1) is 11.7 Å². The number of hydrogen-bond acceptors (Lipinski definition) is 3. The first-order valence-electron chi connectivity index (χ1n) is 7.79. The van der Waals surface area contributed by atoms with Crippen LogP contribution in [0.25, 0.3) is 11.3 Å². The molecule has 1 N–H and O–H groups in total. The smallest absolute Gasteiger partial charge is 0.283 e. The standard InChI is InChI=1S/C19H17N3O2S/c1-13(14-5-3-2-4-6-14)22(19(24)25)16-9-7-15(8-10-16)17-11-12-18(23)21-20-17/h2-13H,1H3,(H,21,23)(H,24,25). The fourth-order valence-electron chi connectivity index (χ4n) is 2.68. The average molecular weight is 351 g/mol. The van der Waals surface area contributed by atoms with Gasteiger partial charge in [0.2, 0.25) is 0 Å². The summed E-state index contributed by atoms with van der Waals surface area (Å²) in [6.07, 6.45) is 0. The molecule has 0 fully saturated rings. The van der Waals surface area contributed by atoms with Crippen LogP contribution >= 0.6 is 12.6 Å². The third-order valence-electron chi connectivity index (χ3n) is 4.00. The Labute approximate surface area is 150 Å². The molecule has 0 saturated heterocycles. The number of hydrogen-bond donors (Lipinski definition) is 2. The van der Waals surface area contributed by atoms with Gasteiger partial charge in [-0.1, -0.05) is 55.1 Å². The highest BCUT2D eigenvalue weighted by molar-refractivity contribution is 7.96. The van der Waals surface area contributed by atoms with Gasteiger partial charge in [-0.25, -0.2) is 5.10 Å². The van der Waals surface area contributed by atoms with Gasteiger partial charge in [0.15, 0.2) is 0 Å². The van der Waals surface area contributed by atoms with E-state index in [-0.39, 0.29) is 16.8 Å². The lowest BCUT2D eigenvalue weighted by Crippen LogP contribution is -2.29. The normalized spacial score (nSPS) is 11.8. The van der Waals surface area contributed by atoms with E-state index in [1.807, 2.05) is 61.5 Å². The Hall–Kier alpha value is -2.86. The number of benzene rings is 2. The van der Waals surface area contributed by atoms with Crippen LogP contribution in [0.1, 0.15) is 18.5 Å². The summed E-state index contributed by atoms with van der Waals surface area (Å²) in [6, 6.07) is 20.1. The van der Waals surface area contributed by atoms with E-state index in [9.17, 15) is 9.59 Å². The van der Waals surface area contributed by atoms with Crippen LogP contribution in [0.2, 0.25) is 0 Å². The molecule has 126 valence electrons. The molecular formula is C19H17N3O2S. The molecule has 3 aromatic rings. The Bertz CT molecular complexity index is 903. The number of H-pyrrole nitrogens is 1. The van der Waals surface area contributed by atoms with Crippen molar-refractivity contribution in [2.24, 2.45) is 0 Å². The van der Waals surface area contributed by atoms with Crippen molar-refractivity contribution in [3.05, 3.63) is 82.6 Å². The molecule has 0 saturated carbocycles. The van der Waals surface area contributed by atoms with Gasteiger partial charge in [0, 0.05) is 17.3 Å². The Morgan fingerprint density at radius 2 is 1.72 bits per heavy atom. The van der Waals surface area contributed by atoms with E-state index < -0.39 is 0 Å². The van der Waals surface area contributed by atoms with Gasteiger partial charge in [-0.2, -0.15) is 5.10 Å². The number of nitrogens with zero attached hydrogens (tertiary/aromatic N) is 2. The zero-order valence-electron chi connectivity index (χ0n) is 13.6. The third-order valence-corrected chi connectivity index (χ3v) is 4.21. The molecule has 0 aliphatic rings. The second kappa shape index (κ2) is 7.36. The third kappa shape index (κ3) is 3.80. The van der Waals surface area contributed by atoms with Crippen LogP contribution in [0.4, 0.5) is 10.5 Å². The molecule has 5 nitrogen and oxygen atoms in total. The van der Waals surface area contributed by atoms with Crippen molar-refractivity contribution >= 4 is 23.6 Å². The SMILES string of the molecule is CC(c1ccccc1)N(C(=O)S)c1ccc(-c2ccc(=O)[nH]n2)cc1. The second-order valence-electron chi connectivity index (χ2n) is 5.59. The van der Waals surface area contributed by atoms with Gasteiger partial charge in [-0.05, 0) is 30.7 Å². The molecule has 1 aromatic heterocycles. The fourth-order valence-corrected chi connectivity index (χ4v) is 2.97. The van der Waals surface area contributed by atoms with E-state index in [1.165, 1.54) is 6.07 Å². The van der Waals surface area contributed by atoms with Crippen molar-refractivity contribution in [1.29, 1.82) is 0 Å². The minimum absolute atomic E-state index is 0.150. The van der Waals surface area contributed by atoms with E-state index >= 15 is 0 Å². The highest BCUT2D eigenvalue weighted by atomic mass is 32.1. The van der Waals surface area contributed by atoms with E-state index in [4.69, 9.17) is 0 Å². The van der Waals surface area contributed by atoms with E-state index in [2.05, 4.69) is 22.8 Å². The molecular weight excluding hydrogens is 334 g/mol. The van der Waals surface area contributed by atoms with Crippen molar-refractivity contribution in [2.75, 3.05) is 4.90 Å². The van der Waals surface area contributed by atoms with Crippen LogP contribution < -0.4 is 10.5 Å². The van der Waals surface area contributed by atoms with Crippen LogP contribution in [-0.4, -0.2) is 15.4 Å². The first kappa shape index (κ1) is 17.0. The van der Waals surface area contributed by atoms with Crippen molar-refractivity contribution < 1.29 is 4.79 Å². The zero-order valence-corrected chi connectivity index (χ0v) is 14.5. The molecule has 0 radical (unpaired) electrons. The molecule has 0 aliphatic carbocycles. The lowest BCUT2D eigenvalue weighted by atomic mass is 10.1. The lowest BCUT2D eigenvalue weighted by Gasteiger charge is -2.28. The minimum Gasteiger partial charge on any atom is -0.296 e. The monoisotopic (exact) mass is 351 g/mol. The van der Waals surface area contributed by atoms with E-state index in [0.717, 1.165) is 16.8 Å². The Morgan fingerprint density at radius 3 is 2.28 bits per heavy atom. The fraction of sp³-hybridized carbons (Fsp3) is 0.105. The first-order chi connectivity index (χ1) is 12.1. The summed E-state index contributed by atoms with van der Waals surface area (Å²) in [4.78, 5) is 24.8. The maximum absolute atomic E-state index is 12.1. The number of anilines is 1. The summed E-state index contributed by atoms with van der Waals surface area (Å²) in [6.45, 7) is 1.96. The Kier molecular flexibility index (Phi) is 5.00. The molecule has 2 aromatic carbocycles. The predicted molar refractivity (Wildman–Crippen MR) is 102 cm³/mol. The van der Waals surface area contributed by atoms with Crippen molar-refractivity contribution in [2.45, 2.75) is 13.0 Å². The van der Waals surface area contributed by atoms with Crippen LogP contribution in [-0.2, 0) is 0 Å². The summed E-state index contributed by atoms with van der Waals surface area (Å²) < 4.78 is 0. The number of rotatable bonds is 4. The first-order valence-corrected chi connectivity index (χ1v) is 8.24. The largest absolute Gasteiger partial charge is 0.296 e. The van der Waals surface area contributed by atoms with Crippen LogP contribution in [0.15, 0.2) is 71.5 Å². The van der Waals surface area contributed by atoms with Gasteiger partial charge in [-0.15, -0.1) is 0 Å². The van der Waals surface area contributed by atoms with Crippen LogP contribution in [0.5, 0.6) is 0 Å². The molecule has 25 heavy (non-hydrogen) atoms. The van der Waals surface area contributed by atoms with Gasteiger partial charge in [-0.3, -0.25) is 14.5 Å². The highest BCUT2D eigenvalue weighted by Gasteiger charge is 2.21. The summed E-state index contributed by atoms with van der Waals surface area (Å²) in [5, 5.41) is 6.09. The molecule has 1 atom stereocenters. The number of thiol groups is 1. The summed E-state index contributed by atoms with van der Waals surface area (Å²) in [7, 11) is 0. The Balaban J connectivity index is 1.91. The van der Waals surface area contributed by atoms with Gasteiger partial charge >= 0.3 is 0 Å².